The van der Waals surface area contributed by atoms with E-state index in [9.17, 15) is 4.79 Å². The zero-order chi connectivity index (χ0) is 14.5. The largest absolute Gasteiger partial charge is 0.496 e. The Morgan fingerprint density at radius 3 is 2.63 bits per heavy atom. The number of ether oxygens (including phenoxy) is 1. The van der Waals surface area contributed by atoms with E-state index in [-0.39, 0.29) is 11.6 Å². The van der Waals surface area contributed by atoms with Crippen LogP contribution in [-0.2, 0) is 6.42 Å². The van der Waals surface area contributed by atoms with Gasteiger partial charge in [0.25, 0.3) is 0 Å². The molecule has 0 fully saturated rings. The minimum atomic E-state index is -0.238. The molecule has 0 aromatic heterocycles. The van der Waals surface area contributed by atoms with Crippen LogP contribution in [0.1, 0.15) is 26.3 Å². The van der Waals surface area contributed by atoms with Crippen molar-refractivity contribution in [1.29, 1.82) is 0 Å². The van der Waals surface area contributed by atoms with E-state index >= 15 is 0 Å². The van der Waals surface area contributed by atoms with Crippen molar-refractivity contribution in [2.45, 2.75) is 32.7 Å². The highest BCUT2D eigenvalue weighted by atomic mass is 35.5. The van der Waals surface area contributed by atoms with Crippen molar-refractivity contribution >= 4 is 17.6 Å². The lowest BCUT2D eigenvalue weighted by Crippen LogP contribution is -2.46. The van der Waals surface area contributed by atoms with Crippen LogP contribution >= 0.6 is 11.6 Å². The van der Waals surface area contributed by atoms with Crippen LogP contribution in [0.25, 0.3) is 0 Å². The normalized spacial score (nSPS) is 11.0. The van der Waals surface area contributed by atoms with Crippen molar-refractivity contribution in [3.8, 4) is 5.75 Å². The maximum absolute atomic E-state index is 11.6. The molecule has 5 heteroatoms. The van der Waals surface area contributed by atoms with Crippen molar-refractivity contribution in [3.05, 3.63) is 28.8 Å². The molecule has 19 heavy (non-hydrogen) atoms. The average Bonchev–Trinajstić information content (AvgIpc) is 2.27. The molecule has 0 saturated carbocycles. The maximum atomic E-state index is 11.6. The molecule has 4 nitrogen and oxygen atoms in total. The molecular formula is C14H21ClN2O2. The first kappa shape index (κ1) is 15.6. The minimum Gasteiger partial charge on any atom is -0.496 e. The Balaban J connectivity index is 2.49. The van der Waals surface area contributed by atoms with Crippen molar-refractivity contribution in [2.24, 2.45) is 0 Å². The van der Waals surface area contributed by atoms with Gasteiger partial charge in [-0.2, -0.15) is 0 Å². The lowest BCUT2D eigenvalue weighted by molar-refractivity contribution is 0.232. The van der Waals surface area contributed by atoms with Gasteiger partial charge in [-0.15, -0.1) is 0 Å². The van der Waals surface area contributed by atoms with Gasteiger partial charge in [-0.3, -0.25) is 0 Å². The second-order valence-electron chi connectivity index (χ2n) is 5.34. The van der Waals surface area contributed by atoms with Gasteiger partial charge in [0.15, 0.2) is 0 Å². The van der Waals surface area contributed by atoms with Crippen molar-refractivity contribution in [2.75, 3.05) is 13.7 Å². The standard InChI is InChI=1S/C14H21ClN2O2/c1-14(2,3)17-13(18)16-8-7-10-9-11(15)5-6-12(10)19-4/h5-6,9H,7-8H2,1-4H3,(H2,16,17,18). The Hall–Kier alpha value is -1.42. The highest BCUT2D eigenvalue weighted by molar-refractivity contribution is 6.30. The monoisotopic (exact) mass is 284 g/mol. The summed E-state index contributed by atoms with van der Waals surface area (Å²) < 4.78 is 5.25. The second-order valence-corrected chi connectivity index (χ2v) is 5.77. The molecule has 106 valence electrons. The highest BCUT2D eigenvalue weighted by Crippen LogP contribution is 2.22. The summed E-state index contributed by atoms with van der Waals surface area (Å²) in [4.78, 5) is 11.6. The third-order valence-electron chi connectivity index (χ3n) is 2.41. The lowest BCUT2D eigenvalue weighted by atomic mass is 10.1. The summed E-state index contributed by atoms with van der Waals surface area (Å²) in [5, 5.41) is 6.31. The predicted octanol–water partition coefficient (Wildman–Crippen LogP) is 2.99. The molecule has 1 rings (SSSR count). The molecule has 0 aliphatic heterocycles. The number of nitrogens with one attached hydrogen (secondary N) is 2. The van der Waals surface area contributed by atoms with Gasteiger partial charge in [0.1, 0.15) is 5.75 Å². The number of urea groups is 1. The molecule has 0 bridgehead atoms. The molecule has 0 saturated heterocycles. The Morgan fingerprint density at radius 2 is 2.05 bits per heavy atom. The fourth-order valence-corrected chi connectivity index (χ4v) is 1.83. The van der Waals surface area contributed by atoms with Crippen LogP contribution in [0.15, 0.2) is 18.2 Å². The maximum Gasteiger partial charge on any atom is 0.315 e. The van der Waals surface area contributed by atoms with Crippen molar-refractivity contribution in [3.63, 3.8) is 0 Å². The molecule has 0 radical (unpaired) electrons. The summed E-state index contributed by atoms with van der Waals surface area (Å²) >= 11 is 5.95. The molecule has 0 spiro atoms. The molecule has 1 aromatic rings. The first-order valence-electron chi connectivity index (χ1n) is 6.20. The fraction of sp³-hybridized carbons (Fsp3) is 0.500. The topological polar surface area (TPSA) is 50.4 Å². The zero-order valence-corrected chi connectivity index (χ0v) is 12.6. The van der Waals surface area contributed by atoms with Crippen molar-refractivity contribution in [1.82, 2.24) is 10.6 Å². The quantitative estimate of drug-likeness (QED) is 0.893. The van der Waals surface area contributed by atoms with Gasteiger partial charge in [-0.1, -0.05) is 11.6 Å². The van der Waals surface area contributed by atoms with Crippen LogP contribution in [0.2, 0.25) is 5.02 Å². The summed E-state index contributed by atoms with van der Waals surface area (Å²) in [6.45, 7) is 6.34. The lowest BCUT2D eigenvalue weighted by Gasteiger charge is -2.20. The van der Waals surface area contributed by atoms with Gasteiger partial charge in [0.05, 0.1) is 7.11 Å². The van der Waals surface area contributed by atoms with Crippen LogP contribution in [0, 0.1) is 0 Å². The van der Waals surface area contributed by atoms with E-state index in [1.54, 1.807) is 13.2 Å². The molecule has 2 N–H and O–H groups in total. The van der Waals surface area contributed by atoms with E-state index in [1.165, 1.54) is 0 Å². The third kappa shape index (κ3) is 5.83. The van der Waals surface area contributed by atoms with Crippen molar-refractivity contribution < 1.29 is 9.53 Å². The molecule has 1 aromatic carbocycles. The summed E-state index contributed by atoms with van der Waals surface area (Å²) in [5.74, 6) is 0.780. The van der Waals surface area contributed by atoms with Crippen LogP contribution in [0.4, 0.5) is 4.79 Å². The van der Waals surface area contributed by atoms with Gasteiger partial charge >= 0.3 is 6.03 Å². The minimum absolute atomic E-state index is 0.173. The number of hydrogen-bond acceptors (Lipinski definition) is 2. The third-order valence-corrected chi connectivity index (χ3v) is 2.65. The number of methoxy groups -OCH3 is 1. The second kappa shape index (κ2) is 6.66. The van der Waals surface area contributed by atoms with Crippen LogP contribution in [-0.4, -0.2) is 25.2 Å². The number of halogens is 1. The molecule has 0 atom stereocenters. The van der Waals surface area contributed by atoms with E-state index in [1.807, 2.05) is 32.9 Å². The number of rotatable bonds is 4. The van der Waals surface area contributed by atoms with Gasteiger partial charge in [-0.25, -0.2) is 4.79 Å². The van der Waals surface area contributed by atoms with Gasteiger partial charge < -0.3 is 15.4 Å². The SMILES string of the molecule is COc1ccc(Cl)cc1CCNC(=O)NC(C)(C)C. The molecular weight excluding hydrogens is 264 g/mol. The number of carbonyl (C=O) groups is 1. The molecule has 0 aliphatic carbocycles. The van der Waals surface area contributed by atoms with E-state index in [0.717, 1.165) is 11.3 Å². The predicted molar refractivity (Wildman–Crippen MR) is 78.0 cm³/mol. The van der Waals surface area contributed by atoms with E-state index in [2.05, 4.69) is 10.6 Å². The Morgan fingerprint density at radius 1 is 1.37 bits per heavy atom. The van der Waals surface area contributed by atoms with Crippen LogP contribution in [0.3, 0.4) is 0 Å². The molecule has 0 aliphatic rings. The van der Waals surface area contributed by atoms with Gasteiger partial charge in [-0.05, 0) is 51.0 Å². The number of hydrogen-bond donors (Lipinski definition) is 2. The van der Waals surface area contributed by atoms with E-state index in [4.69, 9.17) is 16.3 Å². The van der Waals surface area contributed by atoms with E-state index in [0.29, 0.717) is 18.0 Å². The summed E-state index contributed by atoms with van der Waals surface area (Å²) in [6, 6.07) is 5.29. The van der Waals surface area contributed by atoms with Crippen LogP contribution < -0.4 is 15.4 Å². The molecule has 2 amide bonds. The van der Waals surface area contributed by atoms with Gasteiger partial charge in [0.2, 0.25) is 0 Å². The Kier molecular flexibility index (Phi) is 5.48. The highest BCUT2D eigenvalue weighted by Gasteiger charge is 2.13. The number of carbonyl (C=O) groups excluding carboxylic acids is 1. The summed E-state index contributed by atoms with van der Waals surface area (Å²) in [6.07, 6.45) is 0.668. The number of amides is 2. The first-order valence-corrected chi connectivity index (χ1v) is 6.58. The fourth-order valence-electron chi connectivity index (χ4n) is 1.64. The Bertz CT molecular complexity index is 442. The molecule has 0 unspecified atom stereocenters. The summed E-state index contributed by atoms with van der Waals surface area (Å²) in [5.41, 5.74) is 0.740. The van der Waals surface area contributed by atoms with Crippen LogP contribution in [0.5, 0.6) is 5.75 Å². The van der Waals surface area contributed by atoms with E-state index < -0.39 is 0 Å². The Labute approximate surface area is 119 Å². The first-order chi connectivity index (χ1) is 8.81. The average molecular weight is 285 g/mol. The molecule has 0 heterocycles. The van der Waals surface area contributed by atoms with Gasteiger partial charge in [0, 0.05) is 17.1 Å². The smallest absolute Gasteiger partial charge is 0.315 e. The zero-order valence-electron chi connectivity index (χ0n) is 11.8. The number of benzene rings is 1. The summed E-state index contributed by atoms with van der Waals surface area (Å²) in [7, 11) is 1.62.